The number of nitrogens with zero attached hydrogens (tertiary/aromatic N) is 2. The Labute approximate surface area is 245 Å². The molecule has 4 rings (SSSR count). The van der Waals surface area contributed by atoms with E-state index in [1.165, 1.54) is 50.4 Å². The zero-order chi connectivity index (χ0) is 30.8. The van der Waals surface area contributed by atoms with Gasteiger partial charge in [0.2, 0.25) is 5.91 Å². The molecule has 3 amide bonds. The third kappa shape index (κ3) is 6.61. The SMILES string of the molecule is COc1cc(/C=C2\SC(=O)N(CC(=O)Nc3ccc(C)c(C)c3)C2=O)ccc1OS(=O)(=O)c1ccc(C)c([N+](=O)[O-])c1. The Hall–Kier alpha value is -4.69. The second kappa shape index (κ2) is 12.0. The number of ether oxygens (including phenoxy) is 1. The number of rotatable bonds is 9. The summed E-state index contributed by atoms with van der Waals surface area (Å²) in [5, 5.41) is 13.3. The first-order valence-corrected chi connectivity index (χ1v) is 14.5. The van der Waals surface area contributed by atoms with Crippen LogP contribution in [0.25, 0.3) is 6.08 Å². The number of nitrogens with one attached hydrogen (secondary N) is 1. The first-order valence-electron chi connectivity index (χ1n) is 12.3. The third-order valence-corrected chi connectivity index (χ3v) is 8.45. The normalized spacial score (nSPS) is 14.3. The number of aryl methyl sites for hydroxylation is 3. The number of carbonyl (C=O) groups excluding carboxylic acids is 3. The van der Waals surface area contributed by atoms with E-state index in [9.17, 15) is 32.9 Å². The molecule has 14 heteroatoms. The molecule has 1 aliphatic heterocycles. The number of hydrogen-bond acceptors (Lipinski definition) is 10. The van der Waals surface area contributed by atoms with Gasteiger partial charge in [0.05, 0.1) is 16.9 Å². The molecule has 3 aromatic carbocycles. The van der Waals surface area contributed by atoms with Gasteiger partial charge < -0.3 is 14.2 Å². The minimum atomic E-state index is -4.46. The largest absolute Gasteiger partial charge is 0.493 e. The molecule has 1 aliphatic rings. The van der Waals surface area contributed by atoms with Gasteiger partial charge >= 0.3 is 10.1 Å². The van der Waals surface area contributed by atoms with Crippen molar-refractivity contribution in [2.75, 3.05) is 19.0 Å². The van der Waals surface area contributed by atoms with Crippen LogP contribution in [0.4, 0.5) is 16.2 Å². The highest BCUT2D eigenvalue weighted by Crippen LogP contribution is 2.36. The van der Waals surface area contributed by atoms with Crippen LogP contribution in [0.15, 0.2) is 64.4 Å². The zero-order valence-corrected chi connectivity index (χ0v) is 24.5. The van der Waals surface area contributed by atoms with Crippen molar-refractivity contribution in [3.63, 3.8) is 0 Å². The highest BCUT2D eigenvalue weighted by molar-refractivity contribution is 8.18. The van der Waals surface area contributed by atoms with E-state index in [-0.39, 0.29) is 27.7 Å². The number of nitro groups is 1. The van der Waals surface area contributed by atoms with Crippen molar-refractivity contribution < 1.29 is 36.6 Å². The summed E-state index contributed by atoms with van der Waals surface area (Å²) in [4.78, 5) is 49.0. The van der Waals surface area contributed by atoms with E-state index < -0.39 is 43.5 Å². The molecule has 0 spiro atoms. The Kier molecular flexibility index (Phi) is 8.68. The maximum atomic E-state index is 12.9. The van der Waals surface area contributed by atoms with Crippen molar-refractivity contribution in [2.45, 2.75) is 25.7 Å². The fourth-order valence-corrected chi connectivity index (χ4v) is 5.70. The van der Waals surface area contributed by atoms with Crippen molar-refractivity contribution in [1.29, 1.82) is 0 Å². The number of imide groups is 1. The van der Waals surface area contributed by atoms with Gasteiger partial charge in [0.25, 0.3) is 16.8 Å². The van der Waals surface area contributed by atoms with E-state index >= 15 is 0 Å². The highest BCUT2D eigenvalue weighted by atomic mass is 32.2. The molecule has 0 aliphatic carbocycles. The lowest BCUT2D eigenvalue weighted by molar-refractivity contribution is -0.385. The minimum absolute atomic E-state index is 0.0130. The molecule has 218 valence electrons. The fraction of sp³-hybridized carbons (Fsp3) is 0.179. The molecule has 0 aromatic heterocycles. The van der Waals surface area contributed by atoms with Crippen LogP contribution in [-0.2, 0) is 19.7 Å². The Morgan fingerprint density at radius 2 is 1.71 bits per heavy atom. The second-order valence-corrected chi connectivity index (χ2v) is 11.8. The first kappa shape index (κ1) is 30.3. The number of hydrogen-bond donors (Lipinski definition) is 1. The summed E-state index contributed by atoms with van der Waals surface area (Å²) in [6.07, 6.45) is 1.40. The summed E-state index contributed by atoms with van der Waals surface area (Å²) in [5.41, 5.74) is 2.87. The number of benzene rings is 3. The van der Waals surface area contributed by atoms with Gasteiger partial charge in [0.15, 0.2) is 11.5 Å². The molecule has 1 N–H and O–H groups in total. The molecule has 1 heterocycles. The standard InChI is InChI=1S/C28H25N3O9S2/c1-16-5-8-20(11-18(16)3)29-26(32)15-30-27(33)25(41-28(30)34)13-19-7-10-23(24(12-19)39-4)40-42(37,38)21-9-6-17(2)22(14-21)31(35)36/h5-14H,15H2,1-4H3,(H,29,32)/b25-13-. The molecule has 0 saturated carbocycles. The number of carbonyl (C=O) groups is 3. The van der Waals surface area contributed by atoms with Crippen LogP contribution in [0.2, 0.25) is 0 Å². The number of anilines is 1. The number of nitro benzene ring substituents is 1. The average molecular weight is 612 g/mol. The van der Waals surface area contributed by atoms with Crippen LogP contribution in [0, 0.1) is 30.9 Å². The van der Waals surface area contributed by atoms with E-state index in [0.717, 1.165) is 22.1 Å². The molecular formula is C28H25N3O9S2. The maximum Gasteiger partial charge on any atom is 0.339 e. The lowest BCUT2D eigenvalue weighted by atomic mass is 10.1. The van der Waals surface area contributed by atoms with E-state index in [1.54, 1.807) is 12.1 Å². The molecule has 1 saturated heterocycles. The first-order chi connectivity index (χ1) is 19.8. The summed E-state index contributed by atoms with van der Waals surface area (Å²) in [5.74, 6) is -1.41. The van der Waals surface area contributed by atoms with Crippen molar-refractivity contribution in [3.05, 3.63) is 91.9 Å². The molecule has 0 unspecified atom stereocenters. The van der Waals surface area contributed by atoms with Gasteiger partial charge in [-0.25, -0.2) is 0 Å². The van der Waals surface area contributed by atoms with Gasteiger partial charge in [-0.3, -0.25) is 29.4 Å². The number of methoxy groups -OCH3 is 1. The van der Waals surface area contributed by atoms with Crippen molar-refractivity contribution in [2.24, 2.45) is 0 Å². The topological polar surface area (TPSA) is 162 Å². The lowest BCUT2D eigenvalue weighted by Crippen LogP contribution is -2.36. The summed E-state index contributed by atoms with van der Waals surface area (Å²) in [6, 6.07) is 12.9. The van der Waals surface area contributed by atoms with Gasteiger partial charge in [-0.05, 0) is 85.6 Å². The van der Waals surface area contributed by atoms with E-state index in [4.69, 9.17) is 8.92 Å². The van der Waals surface area contributed by atoms with Crippen LogP contribution in [-0.4, -0.2) is 48.9 Å². The molecule has 0 atom stereocenters. The van der Waals surface area contributed by atoms with E-state index in [0.29, 0.717) is 23.0 Å². The Bertz CT molecular complexity index is 1770. The molecule has 0 radical (unpaired) electrons. The molecule has 42 heavy (non-hydrogen) atoms. The third-order valence-electron chi connectivity index (χ3n) is 6.32. The smallest absolute Gasteiger partial charge is 0.339 e. The van der Waals surface area contributed by atoms with Gasteiger partial charge in [-0.2, -0.15) is 8.42 Å². The summed E-state index contributed by atoms with van der Waals surface area (Å²) in [7, 11) is -3.19. The monoisotopic (exact) mass is 611 g/mol. The Morgan fingerprint density at radius 1 is 1.00 bits per heavy atom. The molecule has 3 aromatic rings. The van der Waals surface area contributed by atoms with Gasteiger partial charge in [0, 0.05) is 17.3 Å². The van der Waals surface area contributed by atoms with Crippen LogP contribution < -0.4 is 14.2 Å². The summed E-state index contributed by atoms with van der Waals surface area (Å²) < 4.78 is 36.1. The van der Waals surface area contributed by atoms with Crippen molar-refractivity contribution in [1.82, 2.24) is 4.90 Å². The van der Waals surface area contributed by atoms with Gasteiger partial charge in [-0.1, -0.05) is 18.2 Å². The summed E-state index contributed by atoms with van der Waals surface area (Å²) in [6.45, 7) is 4.84. The van der Waals surface area contributed by atoms with Gasteiger partial charge in [-0.15, -0.1) is 0 Å². The van der Waals surface area contributed by atoms with Crippen LogP contribution in [0.5, 0.6) is 11.5 Å². The van der Waals surface area contributed by atoms with E-state index in [2.05, 4.69) is 5.32 Å². The quantitative estimate of drug-likeness (QED) is 0.151. The van der Waals surface area contributed by atoms with Crippen LogP contribution in [0.3, 0.4) is 0 Å². The maximum absolute atomic E-state index is 12.9. The molecule has 1 fully saturated rings. The predicted molar refractivity (Wildman–Crippen MR) is 156 cm³/mol. The zero-order valence-electron chi connectivity index (χ0n) is 22.9. The summed E-state index contributed by atoms with van der Waals surface area (Å²) >= 11 is 0.655. The molecule has 12 nitrogen and oxygen atoms in total. The Balaban J connectivity index is 1.50. The minimum Gasteiger partial charge on any atom is -0.493 e. The Morgan fingerprint density at radius 3 is 2.38 bits per heavy atom. The molecular weight excluding hydrogens is 586 g/mol. The molecule has 0 bridgehead atoms. The highest BCUT2D eigenvalue weighted by Gasteiger charge is 2.36. The average Bonchev–Trinajstić information content (AvgIpc) is 3.18. The lowest BCUT2D eigenvalue weighted by Gasteiger charge is -2.13. The van der Waals surface area contributed by atoms with Crippen LogP contribution in [0.1, 0.15) is 22.3 Å². The van der Waals surface area contributed by atoms with Crippen LogP contribution >= 0.6 is 11.8 Å². The van der Waals surface area contributed by atoms with E-state index in [1.807, 2.05) is 19.9 Å². The van der Waals surface area contributed by atoms with Crippen molar-refractivity contribution in [3.8, 4) is 11.5 Å². The number of amides is 3. The van der Waals surface area contributed by atoms with Gasteiger partial charge in [0.1, 0.15) is 11.4 Å². The number of thioether (sulfide) groups is 1. The predicted octanol–water partition coefficient (Wildman–Crippen LogP) is 4.97. The fourth-order valence-electron chi connectivity index (χ4n) is 3.90. The second-order valence-electron chi connectivity index (χ2n) is 9.27. The van der Waals surface area contributed by atoms with Crippen molar-refractivity contribution >= 4 is 56.4 Å².